The molecule has 0 amide bonds. The first-order valence-corrected chi connectivity index (χ1v) is 6.53. The highest BCUT2D eigenvalue weighted by atomic mass is 79.9. The standard InChI is InChI=1S/C14H13BrFNO2/c1-9-2-5-14(13(7-18)17-9)19-8-10-3-4-11(16)6-12(10)15/h2-6,18H,7-8H2,1H3. The maximum Gasteiger partial charge on any atom is 0.143 e. The Morgan fingerprint density at radius 2 is 2.11 bits per heavy atom. The molecule has 3 nitrogen and oxygen atoms in total. The number of halogens is 2. The van der Waals surface area contributed by atoms with Crippen LogP contribution >= 0.6 is 15.9 Å². The summed E-state index contributed by atoms with van der Waals surface area (Å²) >= 11 is 3.28. The van der Waals surface area contributed by atoms with E-state index in [4.69, 9.17) is 4.74 Å². The molecule has 0 aliphatic heterocycles. The summed E-state index contributed by atoms with van der Waals surface area (Å²) < 4.78 is 19.2. The van der Waals surface area contributed by atoms with Gasteiger partial charge in [0.25, 0.3) is 0 Å². The van der Waals surface area contributed by atoms with Crippen molar-refractivity contribution in [1.82, 2.24) is 4.98 Å². The molecule has 0 saturated heterocycles. The lowest BCUT2D eigenvalue weighted by Crippen LogP contribution is -2.02. The van der Waals surface area contributed by atoms with Gasteiger partial charge in [0.05, 0.1) is 6.61 Å². The summed E-state index contributed by atoms with van der Waals surface area (Å²) in [6.45, 7) is 1.94. The average molecular weight is 326 g/mol. The van der Waals surface area contributed by atoms with E-state index in [9.17, 15) is 9.50 Å². The zero-order valence-corrected chi connectivity index (χ0v) is 11.9. The molecule has 0 bridgehead atoms. The summed E-state index contributed by atoms with van der Waals surface area (Å²) in [7, 11) is 0. The van der Waals surface area contributed by atoms with Crippen molar-refractivity contribution >= 4 is 15.9 Å². The van der Waals surface area contributed by atoms with Gasteiger partial charge in [0.1, 0.15) is 23.9 Å². The number of hydrogen-bond acceptors (Lipinski definition) is 3. The zero-order valence-electron chi connectivity index (χ0n) is 10.4. The third-order valence-corrected chi connectivity index (χ3v) is 3.36. The number of hydrogen-bond donors (Lipinski definition) is 1. The van der Waals surface area contributed by atoms with Crippen LogP contribution in [-0.4, -0.2) is 10.1 Å². The second-order valence-corrected chi connectivity index (χ2v) is 4.93. The maximum absolute atomic E-state index is 13.0. The minimum atomic E-state index is -0.302. The number of benzene rings is 1. The van der Waals surface area contributed by atoms with Gasteiger partial charge >= 0.3 is 0 Å². The summed E-state index contributed by atoms with van der Waals surface area (Å²) in [6.07, 6.45) is 0. The highest BCUT2D eigenvalue weighted by Gasteiger charge is 2.07. The Morgan fingerprint density at radius 1 is 1.32 bits per heavy atom. The molecule has 2 aromatic rings. The molecular formula is C14H13BrFNO2. The van der Waals surface area contributed by atoms with Gasteiger partial charge in [-0.25, -0.2) is 4.39 Å². The maximum atomic E-state index is 13.0. The number of ether oxygens (including phenoxy) is 1. The van der Waals surface area contributed by atoms with E-state index in [1.807, 2.05) is 13.0 Å². The summed E-state index contributed by atoms with van der Waals surface area (Å²) in [6, 6.07) is 8.00. The number of rotatable bonds is 4. The monoisotopic (exact) mass is 325 g/mol. The molecule has 5 heteroatoms. The fraction of sp³-hybridized carbons (Fsp3) is 0.214. The molecular weight excluding hydrogens is 313 g/mol. The highest BCUT2D eigenvalue weighted by molar-refractivity contribution is 9.10. The van der Waals surface area contributed by atoms with E-state index < -0.39 is 0 Å². The lowest BCUT2D eigenvalue weighted by atomic mass is 10.2. The van der Waals surface area contributed by atoms with Gasteiger partial charge in [-0.3, -0.25) is 4.98 Å². The highest BCUT2D eigenvalue weighted by Crippen LogP contribution is 2.22. The Labute approximate surface area is 119 Å². The number of aromatic nitrogens is 1. The minimum Gasteiger partial charge on any atom is -0.487 e. The third-order valence-electron chi connectivity index (χ3n) is 2.62. The zero-order chi connectivity index (χ0) is 13.8. The first-order valence-electron chi connectivity index (χ1n) is 5.74. The smallest absolute Gasteiger partial charge is 0.143 e. The molecule has 0 atom stereocenters. The number of nitrogens with zero attached hydrogens (tertiary/aromatic N) is 1. The molecule has 1 aromatic carbocycles. The van der Waals surface area contributed by atoms with Crippen LogP contribution in [0.5, 0.6) is 5.75 Å². The van der Waals surface area contributed by atoms with Crippen LogP contribution in [0.3, 0.4) is 0 Å². The van der Waals surface area contributed by atoms with Gasteiger partial charge in [-0.2, -0.15) is 0 Å². The molecule has 0 unspecified atom stereocenters. The van der Waals surface area contributed by atoms with E-state index in [0.29, 0.717) is 15.9 Å². The van der Waals surface area contributed by atoms with E-state index in [-0.39, 0.29) is 19.0 Å². The van der Waals surface area contributed by atoms with Crippen molar-refractivity contribution in [2.24, 2.45) is 0 Å². The molecule has 0 saturated carbocycles. The number of aliphatic hydroxyl groups is 1. The molecule has 2 rings (SSSR count). The lowest BCUT2D eigenvalue weighted by Gasteiger charge is -2.11. The Morgan fingerprint density at radius 3 is 2.79 bits per heavy atom. The Kier molecular flexibility index (Phi) is 4.50. The quantitative estimate of drug-likeness (QED) is 0.937. The molecule has 0 aliphatic carbocycles. The summed E-state index contributed by atoms with van der Waals surface area (Å²) in [5, 5.41) is 9.23. The average Bonchev–Trinajstić information content (AvgIpc) is 2.39. The van der Waals surface area contributed by atoms with Crippen LogP contribution in [-0.2, 0) is 13.2 Å². The number of aliphatic hydroxyl groups excluding tert-OH is 1. The number of pyridine rings is 1. The van der Waals surface area contributed by atoms with Crippen LogP contribution in [0, 0.1) is 12.7 Å². The molecule has 19 heavy (non-hydrogen) atoms. The molecule has 1 N–H and O–H groups in total. The van der Waals surface area contributed by atoms with Crippen LogP contribution in [0.4, 0.5) is 4.39 Å². The second kappa shape index (κ2) is 6.12. The van der Waals surface area contributed by atoms with Crippen molar-refractivity contribution in [3.8, 4) is 5.75 Å². The Balaban J connectivity index is 2.14. The van der Waals surface area contributed by atoms with E-state index in [0.717, 1.165) is 11.3 Å². The predicted octanol–water partition coefficient (Wildman–Crippen LogP) is 3.36. The molecule has 100 valence electrons. The normalized spacial score (nSPS) is 10.5. The Bertz CT molecular complexity index is 590. The van der Waals surface area contributed by atoms with Gasteiger partial charge in [-0.05, 0) is 31.2 Å². The summed E-state index contributed by atoms with van der Waals surface area (Å²) in [5.41, 5.74) is 2.14. The first kappa shape index (κ1) is 14.0. The van der Waals surface area contributed by atoms with Crippen molar-refractivity contribution in [2.75, 3.05) is 0 Å². The van der Waals surface area contributed by atoms with Crippen molar-refractivity contribution in [3.05, 3.63) is 57.6 Å². The van der Waals surface area contributed by atoms with Gasteiger partial charge in [0.2, 0.25) is 0 Å². The van der Waals surface area contributed by atoms with Gasteiger partial charge in [0.15, 0.2) is 0 Å². The van der Waals surface area contributed by atoms with Crippen LogP contribution in [0.1, 0.15) is 17.0 Å². The van der Waals surface area contributed by atoms with Crippen molar-refractivity contribution < 1.29 is 14.2 Å². The molecule has 0 fully saturated rings. The third kappa shape index (κ3) is 3.52. The molecule has 0 radical (unpaired) electrons. The van der Waals surface area contributed by atoms with Gasteiger partial charge in [0, 0.05) is 15.7 Å². The summed E-state index contributed by atoms with van der Waals surface area (Å²) in [5.74, 6) is 0.230. The van der Waals surface area contributed by atoms with Crippen LogP contribution < -0.4 is 4.74 Å². The fourth-order valence-electron chi connectivity index (χ4n) is 1.64. The largest absolute Gasteiger partial charge is 0.487 e. The van der Waals surface area contributed by atoms with Gasteiger partial charge in [-0.15, -0.1) is 0 Å². The molecule has 0 spiro atoms. The number of aryl methyl sites for hydroxylation is 1. The van der Waals surface area contributed by atoms with E-state index in [1.54, 1.807) is 12.1 Å². The first-order chi connectivity index (χ1) is 9.10. The predicted molar refractivity (Wildman–Crippen MR) is 73.3 cm³/mol. The van der Waals surface area contributed by atoms with Crippen molar-refractivity contribution in [1.29, 1.82) is 0 Å². The lowest BCUT2D eigenvalue weighted by molar-refractivity contribution is 0.253. The van der Waals surface area contributed by atoms with Crippen LogP contribution in [0.15, 0.2) is 34.8 Å². The van der Waals surface area contributed by atoms with Gasteiger partial charge < -0.3 is 9.84 Å². The van der Waals surface area contributed by atoms with E-state index >= 15 is 0 Å². The Hall–Kier alpha value is -1.46. The SMILES string of the molecule is Cc1ccc(OCc2ccc(F)cc2Br)c(CO)n1. The topological polar surface area (TPSA) is 42.4 Å². The van der Waals surface area contributed by atoms with E-state index in [1.165, 1.54) is 12.1 Å². The molecule has 1 heterocycles. The molecule has 0 aliphatic rings. The van der Waals surface area contributed by atoms with Crippen LogP contribution in [0.2, 0.25) is 0 Å². The fourth-order valence-corrected chi connectivity index (χ4v) is 2.10. The minimum absolute atomic E-state index is 0.179. The second-order valence-electron chi connectivity index (χ2n) is 4.08. The van der Waals surface area contributed by atoms with Crippen LogP contribution in [0.25, 0.3) is 0 Å². The van der Waals surface area contributed by atoms with E-state index in [2.05, 4.69) is 20.9 Å². The molecule has 1 aromatic heterocycles. The summed E-state index contributed by atoms with van der Waals surface area (Å²) in [4.78, 5) is 4.19. The van der Waals surface area contributed by atoms with Crippen molar-refractivity contribution in [2.45, 2.75) is 20.1 Å². The van der Waals surface area contributed by atoms with Crippen molar-refractivity contribution in [3.63, 3.8) is 0 Å². The van der Waals surface area contributed by atoms with Gasteiger partial charge in [-0.1, -0.05) is 22.0 Å².